The maximum Gasteiger partial charge on any atom is 0.160 e. The first-order valence-electron chi connectivity index (χ1n) is 7.23. The highest BCUT2D eigenvalue weighted by Crippen LogP contribution is 2.38. The molecule has 1 aliphatic rings. The fraction of sp³-hybridized carbons (Fsp3) is 0.600. The van der Waals surface area contributed by atoms with Crippen molar-refractivity contribution in [3.8, 4) is 0 Å². The van der Waals surface area contributed by atoms with Crippen LogP contribution in [0.3, 0.4) is 0 Å². The molecule has 2 heterocycles. The lowest BCUT2D eigenvalue weighted by Crippen LogP contribution is -2.24. The molecule has 0 spiro atoms. The van der Waals surface area contributed by atoms with Crippen molar-refractivity contribution >= 4 is 22.8 Å². The number of hydrogen-bond acceptors (Lipinski definition) is 2. The van der Waals surface area contributed by atoms with Crippen molar-refractivity contribution in [1.82, 2.24) is 14.5 Å². The van der Waals surface area contributed by atoms with E-state index in [4.69, 9.17) is 11.6 Å². The minimum absolute atomic E-state index is 0.462. The average molecular weight is 278 g/mol. The van der Waals surface area contributed by atoms with Gasteiger partial charge in [0, 0.05) is 12.2 Å². The molecule has 0 amide bonds. The van der Waals surface area contributed by atoms with Crippen molar-refractivity contribution in [3.63, 3.8) is 0 Å². The first kappa shape index (κ1) is 12.9. The maximum atomic E-state index is 6.10. The van der Waals surface area contributed by atoms with E-state index in [1.807, 2.05) is 18.3 Å². The standard InChI is InChI=1S/C15H20ClN3/c1-2-11-6-3-4-8-13(11)19-14(10-16)18-12-7-5-9-17-15(12)19/h5,7,9,11,13H,2-4,6,8,10H2,1H3. The maximum absolute atomic E-state index is 6.10. The molecule has 0 bridgehead atoms. The van der Waals surface area contributed by atoms with Crippen molar-refractivity contribution in [3.05, 3.63) is 24.2 Å². The summed E-state index contributed by atoms with van der Waals surface area (Å²) in [4.78, 5) is 9.18. The van der Waals surface area contributed by atoms with Gasteiger partial charge in [0.2, 0.25) is 0 Å². The molecule has 1 aliphatic carbocycles. The lowest BCUT2D eigenvalue weighted by atomic mass is 9.82. The van der Waals surface area contributed by atoms with Gasteiger partial charge in [0.05, 0.1) is 5.88 Å². The molecule has 2 aromatic rings. The Kier molecular flexibility index (Phi) is 3.74. The number of imidazole rings is 1. The number of alkyl halides is 1. The molecule has 3 nitrogen and oxygen atoms in total. The molecule has 0 radical (unpaired) electrons. The smallest absolute Gasteiger partial charge is 0.160 e. The second-order valence-electron chi connectivity index (χ2n) is 5.40. The van der Waals surface area contributed by atoms with Crippen LogP contribution in [0.2, 0.25) is 0 Å². The summed E-state index contributed by atoms with van der Waals surface area (Å²) in [6.07, 6.45) is 8.27. The fourth-order valence-corrected chi connectivity index (χ4v) is 3.61. The highest BCUT2D eigenvalue weighted by molar-refractivity contribution is 6.16. The topological polar surface area (TPSA) is 30.7 Å². The van der Waals surface area contributed by atoms with Crippen LogP contribution in [0.4, 0.5) is 0 Å². The minimum atomic E-state index is 0.462. The van der Waals surface area contributed by atoms with Gasteiger partial charge < -0.3 is 4.57 Å². The Labute approximate surface area is 119 Å². The van der Waals surface area contributed by atoms with Crippen LogP contribution in [0.15, 0.2) is 18.3 Å². The van der Waals surface area contributed by atoms with Crippen LogP contribution in [-0.4, -0.2) is 14.5 Å². The molecule has 0 N–H and O–H groups in total. The summed E-state index contributed by atoms with van der Waals surface area (Å²) in [6.45, 7) is 2.29. The van der Waals surface area contributed by atoms with Crippen molar-refractivity contribution in [2.24, 2.45) is 5.92 Å². The van der Waals surface area contributed by atoms with Crippen molar-refractivity contribution in [2.45, 2.75) is 50.9 Å². The Balaban J connectivity index is 2.11. The van der Waals surface area contributed by atoms with E-state index in [9.17, 15) is 0 Å². The lowest BCUT2D eigenvalue weighted by molar-refractivity contribution is 0.233. The molecule has 0 saturated heterocycles. The number of fused-ring (bicyclic) bond motifs is 1. The molecular formula is C15H20ClN3. The molecule has 102 valence electrons. The van der Waals surface area contributed by atoms with Crippen LogP contribution in [0.1, 0.15) is 50.9 Å². The van der Waals surface area contributed by atoms with Crippen LogP contribution in [-0.2, 0) is 5.88 Å². The van der Waals surface area contributed by atoms with Gasteiger partial charge in [-0.05, 0) is 30.9 Å². The molecule has 0 aromatic carbocycles. The Hall–Kier alpha value is -1.09. The third-order valence-electron chi connectivity index (χ3n) is 4.37. The molecule has 2 aromatic heterocycles. The van der Waals surface area contributed by atoms with Gasteiger partial charge in [-0.3, -0.25) is 0 Å². The largest absolute Gasteiger partial charge is 0.308 e. The highest BCUT2D eigenvalue weighted by Gasteiger charge is 2.28. The molecule has 2 unspecified atom stereocenters. The van der Waals surface area contributed by atoms with Gasteiger partial charge in [0.15, 0.2) is 5.65 Å². The molecule has 2 atom stereocenters. The number of rotatable bonds is 3. The molecular weight excluding hydrogens is 258 g/mol. The first-order valence-corrected chi connectivity index (χ1v) is 7.76. The fourth-order valence-electron chi connectivity index (χ4n) is 3.42. The van der Waals surface area contributed by atoms with Gasteiger partial charge >= 0.3 is 0 Å². The van der Waals surface area contributed by atoms with E-state index in [0.717, 1.165) is 22.9 Å². The van der Waals surface area contributed by atoms with Crippen LogP contribution < -0.4 is 0 Å². The van der Waals surface area contributed by atoms with Crippen LogP contribution in [0.25, 0.3) is 11.2 Å². The van der Waals surface area contributed by atoms with Crippen LogP contribution in [0.5, 0.6) is 0 Å². The second-order valence-corrected chi connectivity index (χ2v) is 5.67. The molecule has 1 fully saturated rings. The third-order valence-corrected chi connectivity index (χ3v) is 4.61. The van der Waals surface area contributed by atoms with Crippen molar-refractivity contribution < 1.29 is 0 Å². The van der Waals surface area contributed by atoms with Gasteiger partial charge in [-0.15, -0.1) is 11.6 Å². The zero-order chi connectivity index (χ0) is 13.2. The average Bonchev–Trinajstić information content (AvgIpc) is 2.85. The molecule has 19 heavy (non-hydrogen) atoms. The Morgan fingerprint density at radius 3 is 3.00 bits per heavy atom. The summed E-state index contributed by atoms with van der Waals surface area (Å²) in [5.74, 6) is 2.17. The summed E-state index contributed by atoms with van der Waals surface area (Å²) >= 11 is 6.10. The van der Waals surface area contributed by atoms with Gasteiger partial charge in [-0.1, -0.05) is 26.2 Å². The SMILES string of the molecule is CCC1CCCCC1n1c(CCl)nc2cccnc21. The van der Waals surface area contributed by atoms with E-state index < -0.39 is 0 Å². The Morgan fingerprint density at radius 1 is 1.37 bits per heavy atom. The Bertz CT molecular complexity index is 564. The van der Waals surface area contributed by atoms with Crippen molar-refractivity contribution in [2.75, 3.05) is 0 Å². The van der Waals surface area contributed by atoms with E-state index in [1.54, 1.807) is 0 Å². The van der Waals surface area contributed by atoms with Gasteiger partial charge in [-0.25, -0.2) is 9.97 Å². The number of hydrogen-bond donors (Lipinski definition) is 0. The zero-order valence-electron chi connectivity index (χ0n) is 11.3. The molecule has 0 aliphatic heterocycles. The summed E-state index contributed by atoms with van der Waals surface area (Å²) in [7, 11) is 0. The monoisotopic (exact) mass is 277 g/mol. The summed E-state index contributed by atoms with van der Waals surface area (Å²) in [6, 6.07) is 4.49. The quantitative estimate of drug-likeness (QED) is 0.783. The van der Waals surface area contributed by atoms with Gasteiger partial charge in [0.1, 0.15) is 11.3 Å². The van der Waals surface area contributed by atoms with E-state index in [0.29, 0.717) is 11.9 Å². The summed E-state index contributed by atoms with van der Waals surface area (Å²) < 4.78 is 2.32. The number of pyridine rings is 1. The van der Waals surface area contributed by atoms with E-state index >= 15 is 0 Å². The van der Waals surface area contributed by atoms with Gasteiger partial charge in [0.25, 0.3) is 0 Å². The highest BCUT2D eigenvalue weighted by atomic mass is 35.5. The Morgan fingerprint density at radius 2 is 2.21 bits per heavy atom. The normalized spacial score (nSPS) is 23.9. The van der Waals surface area contributed by atoms with E-state index in [-0.39, 0.29) is 0 Å². The minimum Gasteiger partial charge on any atom is -0.308 e. The molecule has 3 rings (SSSR count). The third kappa shape index (κ3) is 2.25. The number of nitrogens with zero attached hydrogens (tertiary/aromatic N) is 3. The summed E-state index contributed by atoms with van der Waals surface area (Å²) in [5.41, 5.74) is 1.97. The van der Waals surface area contributed by atoms with Gasteiger partial charge in [-0.2, -0.15) is 0 Å². The second kappa shape index (κ2) is 5.49. The zero-order valence-corrected chi connectivity index (χ0v) is 12.1. The van der Waals surface area contributed by atoms with E-state index in [2.05, 4.69) is 21.5 Å². The van der Waals surface area contributed by atoms with Crippen LogP contribution in [0, 0.1) is 5.92 Å². The predicted octanol–water partition coefficient (Wildman–Crippen LogP) is 4.31. The lowest BCUT2D eigenvalue weighted by Gasteiger charge is -2.32. The summed E-state index contributed by atoms with van der Waals surface area (Å²) in [5, 5.41) is 0. The number of halogens is 1. The molecule has 4 heteroatoms. The van der Waals surface area contributed by atoms with Crippen molar-refractivity contribution in [1.29, 1.82) is 0 Å². The van der Waals surface area contributed by atoms with E-state index in [1.165, 1.54) is 32.1 Å². The van der Waals surface area contributed by atoms with Crippen LogP contribution >= 0.6 is 11.6 Å². The first-order chi connectivity index (χ1) is 9.35. The molecule has 1 saturated carbocycles. The number of aromatic nitrogens is 3. The predicted molar refractivity (Wildman–Crippen MR) is 78.4 cm³/mol.